The van der Waals surface area contributed by atoms with Crippen LogP contribution in [-0.4, -0.2) is 5.71 Å². The molecule has 0 unspecified atom stereocenters. The number of allylic oxidation sites excluding steroid dienone is 5. The number of rotatable bonds is 2. The van der Waals surface area contributed by atoms with Gasteiger partial charge in [-0.25, -0.2) is 0 Å². The third-order valence-corrected chi connectivity index (χ3v) is 4.31. The van der Waals surface area contributed by atoms with Gasteiger partial charge in [0.1, 0.15) is 0 Å². The Morgan fingerprint density at radius 1 is 1.31 bits per heavy atom. The van der Waals surface area contributed by atoms with Gasteiger partial charge < -0.3 is 5.41 Å². The molecule has 0 aromatic rings. The van der Waals surface area contributed by atoms with E-state index in [1.807, 2.05) is 12.2 Å². The minimum atomic E-state index is 0.286. The predicted molar refractivity (Wildman–Crippen MR) is 69.8 cm³/mol. The molecule has 0 aliphatic heterocycles. The van der Waals surface area contributed by atoms with Gasteiger partial charge in [-0.2, -0.15) is 0 Å². The minimum Gasteiger partial charge on any atom is -0.300 e. The van der Waals surface area contributed by atoms with Gasteiger partial charge in [0.05, 0.1) is 5.71 Å². The zero-order valence-corrected chi connectivity index (χ0v) is 10.3. The molecule has 0 atom stereocenters. The molecule has 0 saturated heterocycles. The molecule has 0 bridgehead atoms. The van der Waals surface area contributed by atoms with Crippen LogP contribution in [0.5, 0.6) is 0 Å². The third kappa shape index (κ3) is 1.59. The summed E-state index contributed by atoms with van der Waals surface area (Å²) in [5.74, 6) is 0.636. The van der Waals surface area contributed by atoms with Crippen LogP contribution in [0.3, 0.4) is 0 Å². The maximum Gasteiger partial charge on any atom is 0.0609 e. The van der Waals surface area contributed by atoms with Crippen molar-refractivity contribution in [3.63, 3.8) is 0 Å². The summed E-state index contributed by atoms with van der Waals surface area (Å²) in [6.45, 7) is 8.72. The van der Waals surface area contributed by atoms with Gasteiger partial charge >= 0.3 is 0 Å². The average Bonchev–Trinajstić information content (AvgIpc) is 2.72. The van der Waals surface area contributed by atoms with Crippen LogP contribution in [0.25, 0.3) is 0 Å². The van der Waals surface area contributed by atoms with Crippen molar-refractivity contribution in [3.8, 4) is 0 Å². The molecule has 2 aliphatic rings. The zero-order valence-electron chi connectivity index (χ0n) is 10.3. The van der Waals surface area contributed by atoms with Crippen molar-refractivity contribution >= 4 is 5.71 Å². The van der Waals surface area contributed by atoms with Gasteiger partial charge in [-0.05, 0) is 41.4 Å². The van der Waals surface area contributed by atoms with Crippen LogP contribution < -0.4 is 0 Å². The van der Waals surface area contributed by atoms with Crippen LogP contribution in [-0.2, 0) is 0 Å². The Bertz CT molecular complexity index is 376. The lowest BCUT2D eigenvalue weighted by Gasteiger charge is -2.38. The van der Waals surface area contributed by atoms with Crippen molar-refractivity contribution in [2.24, 2.45) is 11.3 Å². The summed E-state index contributed by atoms with van der Waals surface area (Å²) in [5.41, 5.74) is 3.14. The van der Waals surface area contributed by atoms with Gasteiger partial charge in [-0.1, -0.05) is 45.4 Å². The summed E-state index contributed by atoms with van der Waals surface area (Å²) in [5, 5.41) is 7.89. The van der Waals surface area contributed by atoms with Gasteiger partial charge in [0.25, 0.3) is 0 Å². The van der Waals surface area contributed by atoms with Crippen LogP contribution in [0.15, 0.2) is 36.0 Å². The van der Waals surface area contributed by atoms with Crippen molar-refractivity contribution in [1.29, 1.82) is 5.41 Å². The number of nitrogens with one attached hydrogen (secondary N) is 1. The van der Waals surface area contributed by atoms with Crippen LogP contribution in [0, 0.1) is 16.7 Å². The van der Waals surface area contributed by atoms with Crippen molar-refractivity contribution in [1.82, 2.24) is 0 Å². The molecule has 0 spiro atoms. The van der Waals surface area contributed by atoms with Gasteiger partial charge in [0.15, 0.2) is 0 Å². The Balaban J connectivity index is 2.41. The molecule has 1 fully saturated rings. The first-order valence-electron chi connectivity index (χ1n) is 6.25. The summed E-state index contributed by atoms with van der Waals surface area (Å²) >= 11 is 0. The maximum absolute atomic E-state index is 7.89. The molecular weight excluding hydrogens is 194 g/mol. The lowest BCUT2D eigenvalue weighted by molar-refractivity contribution is 0.258. The second-order valence-corrected chi connectivity index (χ2v) is 5.35. The summed E-state index contributed by atoms with van der Waals surface area (Å²) in [7, 11) is 0. The molecule has 1 nitrogen and oxygen atoms in total. The number of hydrogen-bond donors (Lipinski definition) is 1. The van der Waals surface area contributed by atoms with Crippen LogP contribution in [0.1, 0.15) is 39.5 Å². The number of hydrogen-bond acceptors (Lipinski definition) is 1. The molecular formula is C15H21N. The normalized spacial score (nSPS) is 24.1. The molecule has 0 heterocycles. The largest absolute Gasteiger partial charge is 0.300 e. The fourth-order valence-electron chi connectivity index (χ4n) is 3.22. The Hall–Kier alpha value is -1.11. The van der Waals surface area contributed by atoms with E-state index in [1.54, 1.807) is 0 Å². The van der Waals surface area contributed by atoms with E-state index in [4.69, 9.17) is 5.41 Å². The molecule has 2 aliphatic carbocycles. The fourth-order valence-corrected chi connectivity index (χ4v) is 3.22. The van der Waals surface area contributed by atoms with Gasteiger partial charge in [0.2, 0.25) is 0 Å². The Kier molecular flexibility index (Phi) is 2.88. The van der Waals surface area contributed by atoms with E-state index in [0.29, 0.717) is 11.6 Å². The quantitative estimate of drug-likeness (QED) is 0.711. The second-order valence-electron chi connectivity index (χ2n) is 5.35. The first-order valence-corrected chi connectivity index (χ1v) is 6.25. The lowest BCUT2D eigenvalue weighted by atomic mass is 9.66. The first kappa shape index (κ1) is 11.4. The van der Waals surface area contributed by atoms with Crippen LogP contribution in [0.4, 0.5) is 0 Å². The van der Waals surface area contributed by atoms with E-state index in [9.17, 15) is 0 Å². The highest BCUT2D eigenvalue weighted by molar-refractivity contribution is 6.10. The van der Waals surface area contributed by atoms with E-state index >= 15 is 0 Å². The molecule has 0 radical (unpaired) electrons. The Morgan fingerprint density at radius 3 is 2.50 bits per heavy atom. The van der Waals surface area contributed by atoms with Crippen molar-refractivity contribution < 1.29 is 0 Å². The molecule has 1 heteroatoms. The van der Waals surface area contributed by atoms with Gasteiger partial charge in [0, 0.05) is 0 Å². The summed E-state index contributed by atoms with van der Waals surface area (Å²) in [6.07, 6.45) is 11.2. The van der Waals surface area contributed by atoms with Crippen LogP contribution in [0.2, 0.25) is 0 Å². The average molecular weight is 215 g/mol. The SMILES string of the molecule is C=C1C(=N)C=CC=C1C1(C(C)C)CCCC1. The lowest BCUT2D eigenvalue weighted by Crippen LogP contribution is -2.29. The summed E-state index contributed by atoms with van der Waals surface area (Å²) in [4.78, 5) is 0. The van der Waals surface area contributed by atoms with E-state index in [-0.39, 0.29) is 5.41 Å². The summed E-state index contributed by atoms with van der Waals surface area (Å²) in [6, 6.07) is 0. The topological polar surface area (TPSA) is 23.9 Å². The Morgan fingerprint density at radius 2 is 1.94 bits per heavy atom. The standard InChI is InChI=1S/C15H21N/c1-11(2)15(9-4-5-10-15)13-7-6-8-14(16)12(13)3/h6-8,11,16H,3-5,9-10H2,1-2H3. The van der Waals surface area contributed by atoms with E-state index < -0.39 is 0 Å². The molecule has 1 saturated carbocycles. The van der Waals surface area contributed by atoms with Gasteiger partial charge in [-0.15, -0.1) is 0 Å². The van der Waals surface area contributed by atoms with Crippen molar-refractivity contribution in [2.75, 3.05) is 0 Å². The molecule has 0 amide bonds. The minimum absolute atomic E-state index is 0.286. The predicted octanol–water partition coefficient (Wildman–Crippen LogP) is 4.27. The maximum atomic E-state index is 7.89. The third-order valence-electron chi connectivity index (χ3n) is 4.31. The molecule has 1 N–H and O–H groups in total. The molecule has 16 heavy (non-hydrogen) atoms. The zero-order chi connectivity index (χ0) is 11.8. The molecule has 0 aromatic carbocycles. The highest BCUT2D eigenvalue weighted by Crippen LogP contribution is 2.52. The van der Waals surface area contributed by atoms with E-state index in [0.717, 1.165) is 5.57 Å². The molecule has 2 rings (SSSR count). The fraction of sp³-hybridized carbons (Fsp3) is 0.533. The van der Waals surface area contributed by atoms with Crippen LogP contribution >= 0.6 is 0 Å². The van der Waals surface area contributed by atoms with Gasteiger partial charge in [-0.3, -0.25) is 0 Å². The molecule has 86 valence electrons. The summed E-state index contributed by atoms with van der Waals surface area (Å²) < 4.78 is 0. The smallest absolute Gasteiger partial charge is 0.0609 e. The van der Waals surface area contributed by atoms with Crippen molar-refractivity contribution in [3.05, 3.63) is 36.0 Å². The van der Waals surface area contributed by atoms with E-state index in [2.05, 4.69) is 26.5 Å². The first-order chi connectivity index (χ1) is 7.58. The van der Waals surface area contributed by atoms with E-state index in [1.165, 1.54) is 31.3 Å². The monoisotopic (exact) mass is 215 g/mol. The Labute approximate surface area is 98.5 Å². The highest BCUT2D eigenvalue weighted by atomic mass is 14.5. The molecule has 0 aromatic heterocycles. The van der Waals surface area contributed by atoms with Crippen molar-refractivity contribution in [2.45, 2.75) is 39.5 Å². The highest BCUT2D eigenvalue weighted by Gasteiger charge is 2.41. The second kappa shape index (κ2) is 4.04.